The molecule has 4 rings (SSSR count). The fraction of sp³-hybridized carbons (Fsp3) is 0.0909. The molecule has 0 aliphatic rings. The standard InChI is InChI=1S/C22H16Cl3NS/c23-17-8-5-15(6-9-17)12-26-13-22(18-3-1-2-4-21(18)26)27-14-16-7-10-19(24)20(25)11-16/h1-11,13H,12,14H2. The van der Waals surface area contributed by atoms with Crippen LogP contribution in [0.15, 0.2) is 77.8 Å². The van der Waals surface area contributed by atoms with Gasteiger partial charge in [-0.1, -0.05) is 71.2 Å². The molecule has 0 aliphatic carbocycles. The first-order chi connectivity index (χ1) is 13.1. The van der Waals surface area contributed by atoms with Gasteiger partial charge >= 0.3 is 0 Å². The summed E-state index contributed by atoms with van der Waals surface area (Å²) in [4.78, 5) is 1.26. The van der Waals surface area contributed by atoms with E-state index < -0.39 is 0 Å². The van der Waals surface area contributed by atoms with Gasteiger partial charge in [-0.2, -0.15) is 0 Å². The van der Waals surface area contributed by atoms with Crippen molar-refractivity contribution in [2.45, 2.75) is 17.2 Å². The van der Waals surface area contributed by atoms with Gasteiger partial charge in [0, 0.05) is 39.3 Å². The Labute approximate surface area is 177 Å². The Morgan fingerprint density at radius 1 is 0.778 bits per heavy atom. The lowest BCUT2D eigenvalue weighted by Gasteiger charge is -2.05. The molecule has 0 saturated carbocycles. The maximum absolute atomic E-state index is 6.14. The molecule has 1 nitrogen and oxygen atoms in total. The zero-order chi connectivity index (χ0) is 18.8. The highest BCUT2D eigenvalue weighted by atomic mass is 35.5. The number of rotatable bonds is 5. The number of halogens is 3. The number of thioether (sulfide) groups is 1. The normalized spacial score (nSPS) is 11.2. The molecule has 0 saturated heterocycles. The third-order valence-corrected chi connectivity index (χ3v) is 6.50. The molecule has 0 spiro atoms. The van der Waals surface area contributed by atoms with Crippen LogP contribution in [0, 0.1) is 0 Å². The number of fused-ring (bicyclic) bond motifs is 1. The number of nitrogens with zero attached hydrogens (tertiary/aromatic N) is 1. The van der Waals surface area contributed by atoms with Crippen LogP contribution < -0.4 is 0 Å². The third-order valence-electron chi connectivity index (χ3n) is 4.40. The molecule has 5 heteroatoms. The molecule has 0 unspecified atom stereocenters. The van der Waals surface area contributed by atoms with Crippen molar-refractivity contribution >= 4 is 57.5 Å². The zero-order valence-electron chi connectivity index (χ0n) is 14.3. The highest BCUT2D eigenvalue weighted by molar-refractivity contribution is 7.98. The number of aromatic nitrogens is 1. The predicted molar refractivity (Wildman–Crippen MR) is 119 cm³/mol. The molecule has 0 bridgehead atoms. The van der Waals surface area contributed by atoms with E-state index in [9.17, 15) is 0 Å². The first-order valence-electron chi connectivity index (χ1n) is 8.49. The largest absolute Gasteiger partial charge is 0.342 e. The molecule has 1 aromatic heterocycles. The molecule has 0 N–H and O–H groups in total. The summed E-state index contributed by atoms with van der Waals surface area (Å²) in [5, 5.41) is 3.20. The Balaban J connectivity index is 1.61. The van der Waals surface area contributed by atoms with E-state index in [0.29, 0.717) is 10.0 Å². The molecular weight excluding hydrogens is 417 g/mol. The van der Waals surface area contributed by atoms with Gasteiger partial charge in [0.05, 0.1) is 10.0 Å². The van der Waals surface area contributed by atoms with Crippen LogP contribution in [0.3, 0.4) is 0 Å². The average molecular weight is 433 g/mol. The Morgan fingerprint density at radius 2 is 1.52 bits per heavy atom. The molecule has 136 valence electrons. The van der Waals surface area contributed by atoms with Crippen molar-refractivity contribution < 1.29 is 0 Å². The Bertz CT molecular complexity index is 1090. The van der Waals surface area contributed by atoms with Crippen LogP contribution in [-0.4, -0.2) is 4.57 Å². The minimum atomic E-state index is 0.588. The van der Waals surface area contributed by atoms with Crippen molar-refractivity contribution in [3.05, 3.63) is 99.1 Å². The summed E-state index contributed by atoms with van der Waals surface area (Å²) >= 11 is 20.0. The monoisotopic (exact) mass is 431 g/mol. The average Bonchev–Trinajstić information content (AvgIpc) is 3.02. The Kier molecular flexibility index (Phi) is 5.70. The van der Waals surface area contributed by atoms with E-state index in [4.69, 9.17) is 34.8 Å². The maximum Gasteiger partial charge on any atom is 0.0595 e. The molecule has 1 heterocycles. The number of benzene rings is 3. The van der Waals surface area contributed by atoms with E-state index in [1.54, 1.807) is 0 Å². The summed E-state index contributed by atoms with van der Waals surface area (Å²) < 4.78 is 2.29. The van der Waals surface area contributed by atoms with Crippen LogP contribution in [0.1, 0.15) is 11.1 Å². The lowest BCUT2D eigenvalue weighted by molar-refractivity contribution is 0.830. The lowest BCUT2D eigenvalue weighted by atomic mass is 10.2. The zero-order valence-corrected chi connectivity index (χ0v) is 17.4. The predicted octanol–water partition coefficient (Wildman–Crippen LogP) is 7.94. The fourth-order valence-electron chi connectivity index (χ4n) is 3.04. The van der Waals surface area contributed by atoms with Gasteiger partial charge in [0.15, 0.2) is 0 Å². The summed E-state index contributed by atoms with van der Waals surface area (Å²) in [5.41, 5.74) is 3.61. The van der Waals surface area contributed by atoms with Gasteiger partial charge in [0.2, 0.25) is 0 Å². The second kappa shape index (κ2) is 8.20. The second-order valence-corrected chi connectivity index (χ2v) is 8.57. The first kappa shape index (κ1) is 18.8. The van der Waals surface area contributed by atoms with E-state index in [2.05, 4.69) is 47.2 Å². The van der Waals surface area contributed by atoms with Crippen molar-refractivity contribution in [1.82, 2.24) is 4.57 Å². The maximum atomic E-state index is 6.14. The molecule has 0 amide bonds. The van der Waals surface area contributed by atoms with Gasteiger partial charge in [-0.25, -0.2) is 0 Å². The van der Waals surface area contributed by atoms with E-state index in [-0.39, 0.29) is 0 Å². The van der Waals surface area contributed by atoms with Crippen molar-refractivity contribution in [3.8, 4) is 0 Å². The smallest absolute Gasteiger partial charge is 0.0595 e. The highest BCUT2D eigenvalue weighted by Gasteiger charge is 2.10. The summed E-state index contributed by atoms with van der Waals surface area (Å²) in [6.45, 7) is 0.811. The first-order valence-corrected chi connectivity index (χ1v) is 10.6. The van der Waals surface area contributed by atoms with Crippen LogP contribution >= 0.6 is 46.6 Å². The summed E-state index contributed by atoms with van der Waals surface area (Å²) in [6, 6.07) is 22.3. The van der Waals surface area contributed by atoms with Gasteiger partial charge < -0.3 is 4.57 Å². The van der Waals surface area contributed by atoms with Gasteiger partial charge in [-0.05, 0) is 41.5 Å². The van der Waals surface area contributed by atoms with E-state index in [0.717, 1.165) is 22.9 Å². The molecule has 27 heavy (non-hydrogen) atoms. The van der Waals surface area contributed by atoms with Crippen LogP contribution in [0.2, 0.25) is 15.1 Å². The third kappa shape index (κ3) is 4.30. The number of hydrogen-bond donors (Lipinski definition) is 0. The van der Waals surface area contributed by atoms with Crippen molar-refractivity contribution in [1.29, 1.82) is 0 Å². The van der Waals surface area contributed by atoms with E-state index >= 15 is 0 Å². The van der Waals surface area contributed by atoms with Crippen molar-refractivity contribution in [2.75, 3.05) is 0 Å². The molecule has 3 aromatic carbocycles. The highest BCUT2D eigenvalue weighted by Crippen LogP contribution is 2.33. The minimum absolute atomic E-state index is 0.588. The molecule has 0 radical (unpaired) electrons. The number of para-hydroxylation sites is 1. The van der Waals surface area contributed by atoms with Crippen LogP contribution in [0.25, 0.3) is 10.9 Å². The topological polar surface area (TPSA) is 4.93 Å². The fourth-order valence-corrected chi connectivity index (χ4v) is 4.51. The van der Waals surface area contributed by atoms with E-state index in [1.807, 2.05) is 42.1 Å². The summed E-state index contributed by atoms with van der Waals surface area (Å²) in [7, 11) is 0. The molecule has 0 atom stereocenters. The minimum Gasteiger partial charge on any atom is -0.342 e. The van der Waals surface area contributed by atoms with Crippen molar-refractivity contribution in [3.63, 3.8) is 0 Å². The van der Waals surface area contributed by atoms with Gasteiger partial charge in [0.25, 0.3) is 0 Å². The Hall–Kier alpha value is -1.58. The van der Waals surface area contributed by atoms with Gasteiger partial charge in [0.1, 0.15) is 0 Å². The van der Waals surface area contributed by atoms with Gasteiger partial charge in [-0.15, -0.1) is 11.8 Å². The van der Waals surface area contributed by atoms with Gasteiger partial charge in [-0.3, -0.25) is 0 Å². The molecule has 0 fully saturated rings. The lowest BCUT2D eigenvalue weighted by Crippen LogP contribution is -1.97. The summed E-state index contributed by atoms with van der Waals surface area (Å²) in [5.74, 6) is 0.839. The van der Waals surface area contributed by atoms with Crippen LogP contribution in [0.5, 0.6) is 0 Å². The molecular formula is C22H16Cl3NS. The van der Waals surface area contributed by atoms with Crippen LogP contribution in [0.4, 0.5) is 0 Å². The Morgan fingerprint density at radius 3 is 2.30 bits per heavy atom. The molecule has 4 aromatic rings. The number of hydrogen-bond acceptors (Lipinski definition) is 1. The van der Waals surface area contributed by atoms with E-state index in [1.165, 1.54) is 21.4 Å². The molecule has 0 aliphatic heterocycles. The summed E-state index contributed by atoms with van der Waals surface area (Å²) in [6.07, 6.45) is 2.22. The SMILES string of the molecule is Clc1ccc(Cn2cc(SCc3ccc(Cl)c(Cl)c3)c3ccccc32)cc1. The quantitative estimate of drug-likeness (QED) is 0.290. The second-order valence-electron chi connectivity index (χ2n) is 6.30. The van der Waals surface area contributed by atoms with Crippen LogP contribution in [-0.2, 0) is 12.3 Å². The van der Waals surface area contributed by atoms with Crippen molar-refractivity contribution in [2.24, 2.45) is 0 Å².